The molecule has 36 heavy (non-hydrogen) atoms. The summed E-state index contributed by atoms with van der Waals surface area (Å²) in [4.78, 5) is 12.2. The highest BCUT2D eigenvalue weighted by molar-refractivity contribution is 5.69. The van der Waals surface area contributed by atoms with E-state index < -0.39 is 0 Å². The summed E-state index contributed by atoms with van der Waals surface area (Å²) in [6, 6.07) is 0. The number of unbranched alkanes of at least 4 members (excludes halogenated alkanes) is 19. The fourth-order valence-corrected chi connectivity index (χ4v) is 5.26. The van der Waals surface area contributed by atoms with Crippen LogP contribution >= 0.6 is 0 Å². The van der Waals surface area contributed by atoms with Crippen LogP contribution < -0.4 is 12.4 Å². The van der Waals surface area contributed by atoms with Gasteiger partial charge in [0.05, 0.1) is 19.6 Å². The van der Waals surface area contributed by atoms with Gasteiger partial charge in [0.25, 0.3) is 0 Å². The van der Waals surface area contributed by atoms with Gasteiger partial charge in [0.1, 0.15) is 13.2 Å². The van der Waals surface area contributed by atoms with Crippen LogP contribution in [0.4, 0.5) is 0 Å². The van der Waals surface area contributed by atoms with Gasteiger partial charge in [0.2, 0.25) is 0 Å². The Balaban J connectivity index is 0. The third-order valence-corrected chi connectivity index (χ3v) is 8.14. The number of likely N-dealkylation sites (N-methyl/N-ethyl adjacent to an activating group) is 1. The molecule has 0 aromatic carbocycles. The Labute approximate surface area is 233 Å². The molecule has 0 aliphatic heterocycles. The third-order valence-electron chi connectivity index (χ3n) is 8.14. The fourth-order valence-electron chi connectivity index (χ4n) is 5.26. The van der Waals surface area contributed by atoms with Gasteiger partial charge in [0.15, 0.2) is 0 Å². The van der Waals surface area contributed by atoms with Crippen LogP contribution in [0.3, 0.4) is 0 Å². The van der Waals surface area contributed by atoms with Crippen molar-refractivity contribution in [1.29, 1.82) is 0 Å². The van der Waals surface area contributed by atoms with Gasteiger partial charge in [0, 0.05) is 6.42 Å². The van der Waals surface area contributed by atoms with E-state index in [4.69, 9.17) is 4.74 Å². The summed E-state index contributed by atoms with van der Waals surface area (Å²) < 4.78 is 6.73. The monoisotopic (exact) mass is 531 g/mol. The van der Waals surface area contributed by atoms with Crippen molar-refractivity contribution in [2.24, 2.45) is 0 Å². The summed E-state index contributed by atoms with van der Waals surface area (Å²) in [5, 5.41) is 0. The number of nitrogens with zero attached hydrogens (tertiary/aromatic N) is 1. The quantitative estimate of drug-likeness (QED) is 0.0616. The van der Waals surface area contributed by atoms with Gasteiger partial charge in [-0.15, -0.1) is 0 Å². The van der Waals surface area contributed by atoms with Crippen molar-refractivity contribution in [2.75, 3.05) is 32.8 Å². The van der Waals surface area contributed by atoms with E-state index in [9.17, 15) is 4.79 Å². The first-order valence-corrected chi connectivity index (χ1v) is 16.1. The van der Waals surface area contributed by atoms with Gasteiger partial charge in [-0.05, 0) is 33.1 Å². The van der Waals surface area contributed by atoms with Crippen molar-refractivity contribution in [1.82, 2.24) is 0 Å². The molecule has 218 valence electrons. The molecule has 0 amide bonds. The summed E-state index contributed by atoms with van der Waals surface area (Å²) in [6.45, 7) is 14.3. The Kier molecular flexibility index (Phi) is 30.8. The van der Waals surface area contributed by atoms with Crippen molar-refractivity contribution < 1.29 is 26.4 Å². The van der Waals surface area contributed by atoms with Crippen LogP contribution in [0.25, 0.3) is 0 Å². The maximum atomic E-state index is 12.2. The van der Waals surface area contributed by atoms with Crippen LogP contribution in [-0.4, -0.2) is 43.2 Å². The molecule has 0 radical (unpaired) electrons. The van der Waals surface area contributed by atoms with E-state index in [1.807, 2.05) is 0 Å². The number of halogens is 1. The van der Waals surface area contributed by atoms with Crippen LogP contribution in [0.2, 0.25) is 0 Å². The Hall–Kier alpha value is -0.280. The summed E-state index contributed by atoms with van der Waals surface area (Å²) in [7, 11) is 0. The van der Waals surface area contributed by atoms with Crippen LogP contribution in [0, 0.1) is 0 Å². The molecule has 0 aromatic rings. The van der Waals surface area contributed by atoms with Gasteiger partial charge in [-0.25, -0.2) is 0 Å². The van der Waals surface area contributed by atoms with Gasteiger partial charge >= 0.3 is 5.97 Å². The molecule has 3 nitrogen and oxygen atoms in total. The summed E-state index contributed by atoms with van der Waals surface area (Å²) >= 11 is 0. The van der Waals surface area contributed by atoms with Crippen molar-refractivity contribution in [2.45, 2.75) is 169 Å². The van der Waals surface area contributed by atoms with Gasteiger partial charge < -0.3 is 21.6 Å². The predicted molar refractivity (Wildman–Crippen MR) is 155 cm³/mol. The second-order valence-corrected chi connectivity index (χ2v) is 11.1. The first kappa shape index (κ1) is 37.9. The van der Waals surface area contributed by atoms with Crippen LogP contribution in [-0.2, 0) is 9.53 Å². The smallest absolute Gasteiger partial charge is 0.305 e. The molecule has 0 heterocycles. The molecule has 0 aromatic heterocycles. The minimum atomic E-state index is 0. The van der Waals surface area contributed by atoms with Crippen molar-refractivity contribution >= 4 is 5.97 Å². The normalized spacial score (nSPS) is 11.4. The average Bonchev–Trinajstić information content (AvgIpc) is 2.87. The minimum absolute atomic E-state index is 0. The zero-order valence-electron chi connectivity index (χ0n) is 25.2. The molecule has 0 spiro atoms. The number of hydrogen-bond acceptors (Lipinski definition) is 2. The van der Waals surface area contributed by atoms with Gasteiger partial charge in [-0.2, -0.15) is 0 Å². The van der Waals surface area contributed by atoms with E-state index in [1.54, 1.807) is 0 Å². The lowest BCUT2D eigenvalue weighted by Crippen LogP contribution is -3.00. The largest absolute Gasteiger partial charge is 1.00 e. The summed E-state index contributed by atoms with van der Waals surface area (Å²) in [5.41, 5.74) is 0. The standard InChI is InChI=1S/C32H66NO2.ClH/c1-5-9-11-13-15-17-18-19-21-23-25-27-29-33(7-3,8-4)30-31-35-32(34)28-26-24-22-20-16-14-12-10-6-2;/h5-31H2,1-4H3;1H/q+1;/p-1. The maximum absolute atomic E-state index is 12.2. The minimum Gasteiger partial charge on any atom is -1.00 e. The fraction of sp³-hybridized carbons (Fsp3) is 0.969. The van der Waals surface area contributed by atoms with Crippen molar-refractivity contribution in [3.63, 3.8) is 0 Å². The van der Waals surface area contributed by atoms with E-state index in [0.717, 1.165) is 30.5 Å². The summed E-state index contributed by atoms with van der Waals surface area (Å²) in [5.74, 6) is 0.0172. The zero-order valence-corrected chi connectivity index (χ0v) is 26.0. The van der Waals surface area contributed by atoms with Crippen molar-refractivity contribution in [3.8, 4) is 0 Å². The highest BCUT2D eigenvalue weighted by Crippen LogP contribution is 2.15. The second kappa shape index (κ2) is 29.3. The average molecular weight is 532 g/mol. The molecule has 0 atom stereocenters. The molecule has 0 unspecified atom stereocenters. The van der Waals surface area contributed by atoms with E-state index in [1.165, 1.54) is 135 Å². The topological polar surface area (TPSA) is 26.3 Å². The Morgan fingerprint density at radius 3 is 1.25 bits per heavy atom. The lowest BCUT2D eigenvalue weighted by molar-refractivity contribution is -0.925. The number of rotatable bonds is 28. The number of ether oxygens (including phenoxy) is 1. The first-order chi connectivity index (χ1) is 17.1. The Morgan fingerprint density at radius 2 is 0.861 bits per heavy atom. The molecule has 0 N–H and O–H groups in total. The number of hydrogen-bond donors (Lipinski definition) is 0. The van der Waals surface area contributed by atoms with Crippen LogP contribution in [0.15, 0.2) is 0 Å². The molecule has 0 saturated heterocycles. The van der Waals surface area contributed by atoms with Gasteiger partial charge in [-0.1, -0.05) is 129 Å². The number of quaternary nitrogens is 1. The number of esters is 1. The molecular formula is C32H66ClNO2. The Bertz CT molecular complexity index is 440. The van der Waals surface area contributed by atoms with E-state index in [0.29, 0.717) is 13.0 Å². The SMILES string of the molecule is CCCCCCCCCCCCCC[N+](CC)(CC)CCOC(=O)CCCCCCCCCCC.[Cl-]. The van der Waals surface area contributed by atoms with Crippen LogP contribution in [0.5, 0.6) is 0 Å². The maximum Gasteiger partial charge on any atom is 0.305 e. The molecular weight excluding hydrogens is 466 g/mol. The molecule has 0 bridgehead atoms. The first-order valence-electron chi connectivity index (χ1n) is 16.1. The highest BCUT2D eigenvalue weighted by atomic mass is 35.5. The van der Waals surface area contributed by atoms with Gasteiger partial charge in [-0.3, -0.25) is 4.79 Å². The second-order valence-electron chi connectivity index (χ2n) is 11.1. The molecule has 0 rings (SSSR count). The highest BCUT2D eigenvalue weighted by Gasteiger charge is 2.23. The molecule has 0 aliphatic rings. The lowest BCUT2D eigenvalue weighted by atomic mass is 10.0. The van der Waals surface area contributed by atoms with E-state index >= 15 is 0 Å². The molecule has 0 aliphatic carbocycles. The molecule has 0 fully saturated rings. The Morgan fingerprint density at radius 1 is 0.500 bits per heavy atom. The van der Waals surface area contributed by atoms with Crippen molar-refractivity contribution in [3.05, 3.63) is 0 Å². The summed E-state index contributed by atoms with van der Waals surface area (Å²) in [6.07, 6.45) is 29.0. The number of carbonyl (C=O) groups is 1. The lowest BCUT2D eigenvalue weighted by Gasteiger charge is -2.36. The number of carbonyl (C=O) groups excluding carboxylic acids is 1. The molecule has 0 saturated carbocycles. The molecule has 4 heteroatoms. The predicted octanol–water partition coefficient (Wildman–Crippen LogP) is 7.01. The van der Waals surface area contributed by atoms with E-state index in [-0.39, 0.29) is 18.4 Å². The third kappa shape index (κ3) is 24.1. The van der Waals surface area contributed by atoms with Crippen LogP contribution in [0.1, 0.15) is 169 Å². The van der Waals surface area contributed by atoms with E-state index in [2.05, 4.69) is 27.7 Å². The zero-order chi connectivity index (χ0) is 25.9.